The van der Waals surface area contributed by atoms with Crippen LogP contribution in [0, 0.1) is 0 Å². The van der Waals surface area contributed by atoms with Gasteiger partial charge in [-0.3, -0.25) is 4.90 Å². The topological polar surface area (TPSA) is 24.9 Å². The van der Waals surface area contributed by atoms with Crippen LogP contribution >= 0.6 is 0 Å². The molecule has 0 amide bonds. The molecule has 0 atom stereocenters. The van der Waals surface area contributed by atoms with Crippen molar-refractivity contribution in [3.05, 3.63) is 29.8 Å². The summed E-state index contributed by atoms with van der Waals surface area (Å²) in [5.41, 5.74) is 1.37. The first-order chi connectivity index (χ1) is 10.8. The molecule has 2 aliphatic rings. The average Bonchev–Trinajstić information content (AvgIpc) is 2.61. The third-order valence-corrected chi connectivity index (χ3v) is 4.97. The Bertz CT molecular complexity index is 452. The van der Waals surface area contributed by atoms with E-state index in [4.69, 9.17) is 9.47 Å². The number of morpholine rings is 1. The Morgan fingerprint density at radius 3 is 2.64 bits per heavy atom. The van der Waals surface area contributed by atoms with Crippen LogP contribution < -0.4 is 4.74 Å². The molecule has 3 rings (SSSR count). The zero-order chi connectivity index (χ0) is 15.2. The van der Waals surface area contributed by atoms with Crippen LogP contribution in [-0.2, 0) is 11.2 Å². The molecular weight excluding hydrogens is 276 g/mol. The maximum absolute atomic E-state index is 5.46. The fraction of sp³-hybridized carbons (Fsp3) is 0.667. The van der Waals surface area contributed by atoms with Gasteiger partial charge in [0.25, 0.3) is 0 Å². The molecule has 2 aliphatic heterocycles. The summed E-state index contributed by atoms with van der Waals surface area (Å²) in [6.07, 6.45) is 3.72. The predicted octanol–water partition coefficient (Wildman–Crippen LogP) is 2.03. The molecule has 0 radical (unpaired) electrons. The summed E-state index contributed by atoms with van der Waals surface area (Å²) < 4.78 is 10.8. The van der Waals surface area contributed by atoms with E-state index in [1.54, 1.807) is 7.11 Å². The third kappa shape index (κ3) is 4.22. The number of benzene rings is 1. The molecule has 0 aromatic heterocycles. The maximum atomic E-state index is 5.46. The molecule has 122 valence electrons. The highest BCUT2D eigenvalue weighted by molar-refractivity contribution is 5.28. The Kier molecular flexibility index (Phi) is 5.70. The lowest BCUT2D eigenvalue weighted by Crippen LogP contribution is -2.49. The van der Waals surface area contributed by atoms with E-state index in [9.17, 15) is 0 Å². The maximum Gasteiger partial charge on any atom is 0.119 e. The number of nitrogens with zero attached hydrogens (tertiary/aromatic N) is 2. The number of likely N-dealkylation sites (tertiary alicyclic amines) is 1. The van der Waals surface area contributed by atoms with Crippen molar-refractivity contribution in [1.29, 1.82) is 0 Å². The van der Waals surface area contributed by atoms with Gasteiger partial charge in [-0.25, -0.2) is 0 Å². The van der Waals surface area contributed by atoms with Crippen LogP contribution in [0.5, 0.6) is 5.75 Å². The van der Waals surface area contributed by atoms with Gasteiger partial charge in [-0.1, -0.05) is 12.1 Å². The van der Waals surface area contributed by atoms with E-state index in [-0.39, 0.29) is 0 Å². The lowest BCUT2D eigenvalue weighted by atomic mass is 10.0. The molecule has 0 spiro atoms. The van der Waals surface area contributed by atoms with E-state index in [2.05, 4.69) is 28.0 Å². The van der Waals surface area contributed by atoms with E-state index < -0.39 is 0 Å². The molecule has 0 N–H and O–H groups in total. The van der Waals surface area contributed by atoms with E-state index in [0.29, 0.717) is 0 Å². The number of methoxy groups -OCH3 is 1. The summed E-state index contributed by atoms with van der Waals surface area (Å²) in [7, 11) is 1.73. The number of rotatable bonds is 5. The van der Waals surface area contributed by atoms with Crippen molar-refractivity contribution in [2.45, 2.75) is 25.3 Å². The van der Waals surface area contributed by atoms with Crippen molar-refractivity contribution >= 4 is 0 Å². The number of piperidine rings is 1. The first kappa shape index (κ1) is 15.8. The molecule has 2 fully saturated rings. The highest BCUT2D eigenvalue weighted by Gasteiger charge is 2.25. The highest BCUT2D eigenvalue weighted by atomic mass is 16.5. The molecule has 1 aromatic rings. The van der Waals surface area contributed by atoms with Gasteiger partial charge in [0.05, 0.1) is 20.3 Å². The first-order valence-corrected chi connectivity index (χ1v) is 8.52. The quantitative estimate of drug-likeness (QED) is 0.831. The van der Waals surface area contributed by atoms with E-state index in [1.165, 1.54) is 31.5 Å². The predicted molar refractivity (Wildman–Crippen MR) is 88.6 cm³/mol. The van der Waals surface area contributed by atoms with E-state index in [1.807, 2.05) is 6.07 Å². The fourth-order valence-electron chi connectivity index (χ4n) is 3.57. The van der Waals surface area contributed by atoms with Crippen molar-refractivity contribution in [3.63, 3.8) is 0 Å². The Morgan fingerprint density at radius 2 is 1.91 bits per heavy atom. The zero-order valence-electron chi connectivity index (χ0n) is 13.7. The Labute approximate surface area is 134 Å². The van der Waals surface area contributed by atoms with Gasteiger partial charge in [-0.2, -0.15) is 0 Å². The molecule has 2 saturated heterocycles. The molecule has 22 heavy (non-hydrogen) atoms. The summed E-state index contributed by atoms with van der Waals surface area (Å²) >= 11 is 0. The molecule has 0 unspecified atom stereocenters. The molecule has 0 bridgehead atoms. The van der Waals surface area contributed by atoms with E-state index >= 15 is 0 Å². The number of ether oxygens (including phenoxy) is 2. The summed E-state index contributed by atoms with van der Waals surface area (Å²) in [4.78, 5) is 5.24. The largest absolute Gasteiger partial charge is 0.497 e. The highest BCUT2D eigenvalue weighted by Crippen LogP contribution is 2.19. The van der Waals surface area contributed by atoms with Crippen LogP contribution in [0.1, 0.15) is 18.4 Å². The van der Waals surface area contributed by atoms with Gasteiger partial charge in [0, 0.05) is 25.7 Å². The molecule has 0 saturated carbocycles. The monoisotopic (exact) mass is 304 g/mol. The lowest BCUT2D eigenvalue weighted by molar-refractivity contribution is 0.00101. The van der Waals surface area contributed by atoms with Crippen molar-refractivity contribution in [2.24, 2.45) is 0 Å². The van der Waals surface area contributed by atoms with Crippen LogP contribution in [0.25, 0.3) is 0 Å². The van der Waals surface area contributed by atoms with Crippen LogP contribution in [0.3, 0.4) is 0 Å². The molecular formula is C18H28N2O2. The summed E-state index contributed by atoms with van der Waals surface area (Å²) in [6.45, 7) is 7.68. The smallest absolute Gasteiger partial charge is 0.119 e. The van der Waals surface area contributed by atoms with Gasteiger partial charge in [-0.05, 0) is 50.0 Å². The summed E-state index contributed by atoms with van der Waals surface area (Å²) in [6, 6.07) is 9.22. The normalized spacial score (nSPS) is 21.9. The van der Waals surface area contributed by atoms with Crippen LogP contribution in [0.2, 0.25) is 0 Å². The minimum Gasteiger partial charge on any atom is -0.497 e. The van der Waals surface area contributed by atoms with Crippen molar-refractivity contribution in [2.75, 3.05) is 53.0 Å². The fourth-order valence-corrected chi connectivity index (χ4v) is 3.57. The molecule has 4 heteroatoms. The number of hydrogen-bond donors (Lipinski definition) is 0. The van der Waals surface area contributed by atoms with Gasteiger partial charge in [0.15, 0.2) is 0 Å². The SMILES string of the molecule is COc1cccc(CCN2CCC(N3CCOCC3)CC2)c1. The van der Waals surface area contributed by atoms with Gasteiger partial charge in [0.2, 0.25) is 0 Å². The van der Waals surface area contributed by atoms with Crippen LogP contribution in [0.15, 0.2) is 24.3 Å². The second-order valence-corrected chi connectivity index (χ2v) is 6.32. The molecule has 0 aliphatic carbocycles. The Hall–Kier alpha value is -1.10. The molecule has 2 heterocycles. The Morgan fingerprint density at radius 1 is 1.14 bits per heavy atom. The van der Waals surface area contributed by atoms with Crippen LogP contribution in [-0.4, -0.2) is 68.9 Å². The van der Waals surface area contributed by atoms with Gasteiger partial charge < -0.3 is 14.4 Å². The standard InChI is InChI=1S/C18H28N2O2/c1-21-18-4-2-3-16(15-18)5-8-19-9-6-17(7-10-19)20-11-13-22-14-12-20/h2-4,15,17H,5-14H2,1H3. The van der Waals surface area contributed by atoms with Crippen LogP contribution in [0.4, 0.5) is 0 Å². The van der Waals surface area contributed by atoms with Gasteiger partial charge in [-0.15, -0.1) is 0 Å². The molecule has 4 nitrogen and oxygen atoms in total. The van der Waals surface area contributed by atoms with Crippen molar-refractivity contribution < 1.29 is 9.47 Å². The second-order valence-electron chi connectivity index (χ2n) is 6.32. The van der Waals surface area contributed by atoms with Crippen molar-refractivity contribution in [3.8, 4) is 5.75 Å². The first-order valence-electron chi connectivity index (χ1n) is 8.52. The lowest BCUT2D eigenvalue weighted by Gasteiger charge is -2.40. The third-order valence-electron chi connectivity index (χ3n) is 4.97. The van der Waals surface area contributed by atoms with Gasteiger partial charge in [0.1, 0.15) is 5.75 Å². The minimum absolute atomic E-state index is 0.775. The zero-order valence-corrected chi connectivity index (χ0v) is 13.7. The van der Waals surface area contributed by atoms with E-state index in [0.717, 1.165) is 51.1 Å². The Balaban J connectivity index is 1.41. The molecule has 1 aromatic carbocycles. The second kappa shape index (κ2) is 7.95. The average molecular weight is 304 g/mol. The minimum atomic E-state index is 0.775. The summed E-state index contributed by atoms with van der Waals surface area (Å²) in [5.74, 6) is 0.962. The number of hydrogen-bond acceptors (Lipinski definition) is 4. The van der Waals surface area contributed by atoms with Crippen molar-refractivity contribution in [1.82, 2.24) is 9.80 Å². The van der Waals surface area contributed by atoms with Gasteiger partial charge >= 0.3 is 0 Å². The summed E-state index contributed by atoms with van der Waals surface area (Å²) in [5, 5.41) is 0.